The van der Waals surface area contributed by atoms with Crippen LogP contribution in [0.4, 0.5) is 0 Å². The molecule has 1 saturated heterocycles. The summed E-state index contributed by atoms with van der Waals surface area (Å²) in [6, 6.07) is 0. The largest absolute Gasteiger partial charge is 0.340 e. The first-order valence-corrected chi connectivity index (χ1v) is 1.90. The molecule has 0 bridgehead atoms. The van der Waals surface area contributed by atoms with E-state index in [4.69, 9.17) is 5.52 Å². The van der Waals surface area contributed by atoms with Crippen LogP contribution in [0.2, 0.25) is 1.41 Å². The van der Waals surface area contributed by atoms with E-state index in [1.807, 2.05) is 0 Å². The summed E-state index contributed by atoms with van der Waals surface area (Å²) in [5.41, 5.74) is 0. The average molecular weight is 104 g/mol. The predicted molar refractivity (Wildman–Crippen MR) is 25.6 cm³/mol. The molecule has 2 N–H and O–H groups in total. The highest BCUT2D eigenvalue weighted by atomic mass is 16.2. The van der Waals surface area contributed by atoms with Crippen LogP contribution in [0.1, 0.15) is 11.0 Å². The monoisotopic (exact) mass is 104 g/mol. The van der Waals surface area contributed by atoms with Crippen LogP contribution in [0.5, 0.6) is 0 Å². The second-order valence-electron chi connectivity index (χ2n) is 1.25. The van der Waals surface area contributed by atoms with Gasteiger partial charge < -0.3 is 5.31 Å². The first-order valence-electron chi connectivity index (χ1n) is 3.85. The molecule has 1 unspecified atom stereocenters. The van der Waals surface area contributed by atoms with E-state index in [2.05, 4.69) is 5.32 Å². The Bertz CT molecular complexity index is 204. The third kappa shape index (κ3) is 0.899. The lowest BCUT2D eigenvalue weighted by atomic mass is 10.6. The van der Waals surface area contributed by atoms with Gasteiger partial charge in [0.2, 0.25) is 5.91 Å². The van der Waals surface area contributed by atoms with E-state index < -0.39 is 18.5 Å². The number of carbonyl (C=O) groups is 1. The zero-order valence-electron chi connectivity index (χ0n) is 7.86. The maximum atomic E-state index is 10.8. The third-order valence-corrected chi connectivity index (χ3v) is 0.620. The van der Waals surface area contributed by atoms with Gasteiger partial charge >= 0.3 is 0 Å². The maximum Gasteiger partial charge on any atom is 0.235 e. The Morgan fingerprint density at radius 3 is 3.29 bits per heavy atom. The first kappa shape index (κ1) is 1.74. The second-order valence-corrected chi connectivity index (χ2v) is 1.25. The fraction of sp³-hybridized carbons (Fsp3) is 0.750. The van der Waals surface area contributed by atoms with Gasteiger partial charge in [-0.1, -0.05) is 0 Å². The van der Waals surface area contributed by atoms with Crippen molar-refractivity contribution in [3.63, 3.8) is 0 Å². The number of hydrogen-bond donors (Lipinski definition) is 2. The molecule has 3 nitrogen and oxygen atoms in total. The van der Waals surface area contributed by atoms with Crippen molar-refractivity contribution >= 4 is 5.91 Å². The molecule has 1 heterocycles. The highest BCUT2D eigenvalue weighted by Gasteiger charge is 2.13. The van der Waals surface area contributed by atoms with Crippen LogP contribution in [0.15, 0.2) is 0 Å². The molecule has 40 valence electrons. The molecule has 1 atom stereocenters. The molecular weight excluding hydrogens is 92.1 g/mol. The number of carbonyl (C=O) groups excluding carboxylic acids is 1. The van der Waals surface area contributed by atoms with E-state index >= 15 is 0 Å². The first-order chi connectivity index (χ1) is 4.77. The number of amides is 1. The minimum atomic E-state index is -2.28. The second kappa shape index (κ2) is 1.50. The van der Waals surface area contributed by atoms with E-state index in [0.717, 1.165) is 0 Å². The van der Waals surface area contributed by atoms with Crippen LogP contribution in [-0.4, -0.2) is 18.5 Å². The van der Waals surface area contributed by atoms with E-state index in [-0.39, 0.29) is 5.31 Å². The Morgan fingerprint density at radius 1 is 2.43 bits per heavy atom. The van der Waals surface area contributed by atoms with Crippen molar-refractivity contribution in [3.05, 3.63) is 0 Å². The predicted octanol–water partition coefficient (Wildman–Crippen LogP) is -0.948. The van der Waals surface area contributed by atoms with Crippen LogP contribution >= 0.6 is 0 Å². The van der Waals surface area contributed by atoms with Crippen molar-refractivity contribution in [3.8, 4) is 0 Å². The molecule has 1 amide bonds. The van der Waals surface area contributed by atoms with Gasteiger partial charge in [0, 0.05) is 0 Å². The van der Waals surface area contributed by atoms with Crippen molar-refractivity contribution in [1.29, 1.82) is 0 Å². The van der Waals surface area contributed by atoms with Crippen LogP contribution in [0.25, 0.3) is 0 Å². The molecule has 0 aliphatic carbocycles. The fourth-order valence-corrected chi connectivity index (χ4v) is 0.352. The lowest BCUT2D eigenvalue weighted by Gasteiger charge is -1.96. The van der Waals surface area contributed by atoms with Gasteiger partial charge in [-0.15, -0.1) is 0 Å². The molecule has 1 aliphatic heterocycles. The minimum absolute atomic E-state index is 0.285. The van der Waals surface area contributed by atoms with Crippen molar-refractivity contribution in [2.45, 2.75) is 13.1 Å². The van der Waals surface area contributed by atoms with Gasteiger partial charge in [-0.2, -0.15) is 0 Å². The molecule has 0 aromatic heterocycles. The molecule has 0 spiro atoms. The van der Waals surface area contributed by atoms with Gasteiger partial charge in [-0.3, -0.25) is 10.1 Å². The van der Waals surface area contributed by atoms with E-state index in [9.17, 15) is 4.79 Å². The molecule has 7 heavy (non-hydrogen) atoms. The summed E-state index contributed by atoms with van der Waals surface area (Å²) in [4.78, 5) is 10.8. The SMILES string of the molecule is [2H]N1C(=O)C([2H])([2H])NC1([2H])C. The molecule has 3 heteroatoms. The van der Waals surface area contributed by atoms with Gasteiger partial charge in [0.15, 0.2) is 1.41 Å². The fourth-order valence-electron chi connectivity index (χ4n) is 0.352. The number of rotatable bonds is 0. The zero-order chi connectivity index (χ0) is 8.86. The van der Waals surface area contributed by atoms with Crippen LogP contribution < -0.4 is 10.6 Å². The Labute approximate surface area is 47.8 Å². The topological polar surface area (TPSA) is 41.1 Å². The molecule has 0 saturated carbocycles. The smallest absolute Gasteiger partial charge is 0.235 e. The van der Waals surface area contributed by atoms with E-state index in [0.29, 0.717) is 0 Å². The van der Waals surface area contributed by atoms with Crippen molar-refractivity contribution in [2.75, 3.05) is 6.50 Å². The van der Waals surface area contributed by atoms with Crippen molar-refractivity contribution < 1.29 is 10.3 Å². The van der Waals surface area contributed by atoms with Gasteiger partial charge in [0.1, 0.15) is 0 Å². The summed E-state index contributed by atoms with van der Waals surface area (Å²) in [6.07, 6.45) is -1.67. The lowest BCUT2D eigenvalue weighted by Crippen LogP contribution is -2.27. The van der Waals surface area contributed by atoms with Crippen LogP contribution in [0, 0.1) is 0 Å². The Morgan fingerprint density at radius 2 is 3.14 bits per heavy atom. The van der Waals surface area contributed by atoms with Gasteiger partial charge in [0.25, 0.3) is 0 Å². The summed E-state index contributed by atoms with van der Waals surface area (Å²) in [6.45, 7) is -1.04. The average Bonchev–Trinajstić information content (AvgIpc) is 1.91. The van der Waals surface area contributed by atoms with Gasteiger partial charge in [-0.05, 0) is 6.92 Å². The maximum absolute atomic E-state index is 10.8. The molecule has 1 aliphatic rings. The summed E-state index contributed by atoms with van der Waals surface area (Å²) in [7, 11) is 0. The van der Waals surface area contributed by atoms with Crippen LogP contribution in [0.3, 0.4) is 0 Å². The standard InChI is InChI=1S/C4H8N2O/c1-3-5-2-4(7)6-3/h3,5H,2H2,1H3,(H,6,7)/i2D2,3D/hD. The van der Waals surface area contributed by atoms with Crippen molar-refractivity contribution in [2.24, 2.45) is 0 Å². The lowest BCUT2D eigenvalue weighted by molar-refractivity contribution is -0.118. The van der Waals surface area contributed by atoms with E-state index in [1.54, 1.807) is 0 Å². The summed E-state index contributed by atoms with van der Waals surface area (Å²) < 4.78 is 28.2. The zero-order valence-corrected chi connectivity index (χ0v) is 3.86. The third-order valence-electron chi connectivity index (χ3n) is 0.620. The minimum Gasteiger partial charge on any atom is -0.340 e. The summed E-state index contributed by atoms with van der Waals surface area (Å²) >= 11 is 0. The van der Waals surface area contributed by atoms with Crippen LogP contribution in [-0.2, 0) is 4.79 Å². The normalized spacial score (nSPS) is 57.9. The van der Waals surface area contributed by atoms with E-state index in [1.165, 1.54) is 6.92 Å². The van der Waals surface area contributed by atoms with Gasteiger partial charge in [-0.25, -0.2) is 0 Å². The number of nitrogens with one attached hydrogen (secondary N) is 2. The molecule has 0 aromatic rings. The Balaban J connectivity index is 2.96. The highest BCUT2D eigenvalue weighted by molar-refractivity contribution is 5.80. The molecule has 0 radical (unpaired) electrons. The summed E-state index contributed by atoms with van der Waals surface area (Å²) in [5.74, 6) is -1.03. The molecular formula is C4H8N2O. The molecule has 1 rings (SSSR count). The van der Waals surface area contributed by atoms with Crippen molar-refractivity contribution in [1.82, 2.24) is 10.6 Å². The summed E-state index contributed by atoms with van der Waals surface area (Å²) in [5, 5.41) is 2.34. The quantitative estimate of drug-likeness (QED) is 0.416. The highest BCUT2D eigenvalue weighted by Crippen LogP contribution is 1.81. The Hall–Kier alpha value is -0.570. The number of hydrogen-bond acceptors (Lipinski definition) is 2. The van der Waals surface area contributed by atoms with Gasteiger partial charge in [0.05, 0.1) is 16.8 Å². The molecule has 1 fully saturated rings. The molecule has 0 aromatic carbocycles. The Kier molecular flexibility index (Phi) is 0.373.